The van der Waals surface area contributed by atoms with Gasteiger partial charge in [0.2, 0.25) is 10.0 Å². The quantitative estimate of drug-likeness (QED) is 0.876. The lowest BCUT2D eigenvalue weighted by Gasteiger charge is -2.23. The Labute approximate surface area is 106 Å². The molecule has 17 heavy (non-hydrogen) atoms. The van der Waals surface area contributed by atoms with Crippen molar-refractivity contribution in [2.24, 2.45) is 0 Å². The Bertz CT molecular complexity index is 488. The Morgan fingerprint density at radius 3 is 2.76 bits per heavy atom. The second-order valence-electron chi connectivity index (χ2n) is 4.44. The van der Waals surface area contributed by atoms with Gasteiger partial charge < -0.3 is 5.32 Å². The summed E-state index contributed by atoms with van der Waals surface area (Å²) >= 11 is 1.52. The zero-order valence-corrected chi connectivity index (χ0v) is 11.7. The first-order valence-corrected chi connectivity index (χ1v) is 8.09. The van der Waals surface area contributed by atoms with Gasteiger partial charge >= 0.3 is 0 Å². The maximum absolute atomic E-state index is 12.2. The van der Waals surface area contributed by atoms with Crippen LogP contribution in [-0.4, -0.2) is 27.5 Å². The van der Waals surface area contributed by atoms with Crippen LogP contribution in [0, 0.1) is 13.8 Å². The molecule has 2 heterocycles. The third kappa shape index (κ3) is 3.07. The first-order valence-electron chi connectivity index (χ1n) is 5.79. The van der Waals surface area contributed by atoms with E-state index in [1.807, 2.05) is 13.8 Å². The zero-order valence-electron chi connectivity index (χ0n) is 10.1. The van der Waals surface area contributed by atoms with E-state index in [1.165, 1.54) is 11.3 Å². The molecule has 1 aromatic rings. The summed E-state index contributed by atoms with van der Waals surface area (Å²) in [5.74, 6) is 0. The SMILES string of the molecule is Cc1cc(S(=O)(=O)N[C@H]2CCCNC2)c(C)s1. The maximum atomic E-state index is 12.2. The van der Waals surface area contributed by atoms with Crippen LogP contribution in [0.3, 0.4) is 0 Å². The van der Waals surface area contributed by atoms with Crippen molar-refractivity contribution in [2.45, 2.75) is 37.6 Å². The molecular weight excluding hydrogens is 256 g/mol. The van der Waals surface area contributed by atoms with Crippen LogP contribution in [0.4, 0.5) is 0 Å². The highest BCUT2D eigenvalue weighted by atomic mass is 32.2. The van der Waals surface area contributed by atoms with Crippen molar-refractivity contribution >= 4 is 21.4 Å². The van der Waals surface area contributed by atoms with Crippen LogP contribution in [0.1, 0.15) is 22.6 Å². The second-order valence-corrected chi connectivity index (χ2v) is 7.58. The number of thiophene rings is 1. The molecule has 2 rings (SSSR count). The highest BCUT2D eigenvalue weighted by Gasteiger charge is 2.24. The molecular formula is C11H18N2O2S2. The van der Waals surface area contributed by atoms with Crippen molar-refractivity contribution in [3.8, 4) is 0 Å². The standard InChI is InChI=1S/C11H18N2O2S2/c1-8-6-11(9(2)16-8)17(14,15)13-10-4-3-5-12-7-10/h6,10,12-13H,3-5,7H2,1-2H3/t10-/m0/s1. The molecule has 0 spiro atoms. The van der Waals surface area contributed by atoms with Gasteiger partial charge in [-0.15, -0.1) is 11.3 Å². The Balaban J connectivity index is 2.15. The van der Waals surface area contributed by atoms with Crippen molar-refractivity contribution in [3.05, 3.63) is 15.8 Å². The Morgan fingerprint density at radius 1 is 1.47 bits per heavy atom. The molecule has 1 atom stereocenters. The predicted molar refractivity (Wildman–Crippen MR) is 70.0 cm³/mol. The number of rotatable bonds is 3. The lowest BCUT2D eigenvalue weighted by atomic mass is 10.1. The molecule has 0 bridgehead atoms. The van der Waals surface area contributed by atoms with Gasteiger partial charge in [0.25, 0.3) is 0 Å². The molecule has 1 saturated heterocycles. The van der Waals surface area contributed by atoms with Gasteiger partial charge in [-0.25, -0.2) is 13.1 Å². The third-order valence-corrected chi connectivity index (χ3v) is 5.65. The molecule has 4 nitrogen and oxygen atoms in total. The molecule has 1 fully saturated rings. The largest absolute Gasteiger partial charge is 0.315 e. The van der Waals surface area contributed by atoms with Crippen LogP contribution in [0.15, 0.2) is 11.0 Å². The van der Waals surface area contributed by atoms with Gasteiger partial charge in [0.05, 0.1) is 4.90 Å². The van der Waals surface area contributed by atoms with Gasteiger partial charge in [0.15, 0.2) is 0 Å². The van der Waals surface area contributed by atoms with E-state index >= 15 is 0 Å². The van der Waals surface area contributed by atoms with Crippen LogP contribution in [0.2, 0.25) is 0 Å². The van der Waals surface area contributed by atoms with Crippen LogP contribution in [0.5, 0.6) is 0 Å². The number of nitrogens with one attached hydrogen (secondary N) is 2. The van der Waals surface area contributed by atoms with E-state index in [4.69, 9.17) is 0 Å². The summed E-state index contributed by atoms with van der Waals surface area (Å²) in [5.41, 5.74) is 0. The fourth-order valence-electron chi connectivity index (χ4n) is 2.11. The first kappa shape index (κ1) is 13.0. The molecule has 0 saturated carbocycles. The highest BCUT2D eigenvalue weighted by Crippen LogP contribution is 2.25. The minimum absolute atomic E-state index is 0.0216. The van der Waals surface area contributed by atoms with E-state index in [9.17, 15) is 8.42 Å². The average molecular weight is 274 g/mol. The molecule has 1 aliphatic rings. The smallest absolute Gasteiger partial charge is 0.241 e. The van der Waals surface area contributed by atoms with Gasteiger partial charge in [-0.3, -0.25) is 0 Å². The molecule has 0 aliphatic carbocycles. The van der Waals surface area contributed by atoms with Gasteiger partial charge in [-0.2, -0.15) is 0 Å². The molecule has 6 heteroatoms. The maximum Gasteiger partial charge on any atom is 0.241 e. The van der Waals surface area contributed by atoms with Gasteiger partial charge in [0, 0.05) is 22.3 Å². The van der Waals surface area contributed by atoms with Crippen LogP contribution in [-0.2, 0) is 10.0 Å². The van der Waals surface area contributed by atoms with Crippen molar-refractivity contribution in [3.63, 3.8) is 0 Å². The number of hydrogen-bond donors (Lipinski definition) is 2. The Kier molecular flexibility index (Phi) is 3.87. The summed E-state index contributed by atoms with van der Waals surface area (Å²) in [4.78, 5) is 2.33. The average Bonchev–Trinajstić information content (AvgIpc) is 2.59. The van der Waals surface area contributed by atoms with Crippen LogP contribution < -0.4 is 10.0 Å². The minimum Gasteiger partial charge on any atom is -0.315 e. The van der Waals surface area contributed by atoms with Crippen molar-refractivity contribution in [1.29, 1.82) is 0 Å². The number of piperidine rings is 1. The fourth-order valence-corrected chi connectivity index (χ4v) is 4.93. The lowest BCUT2D eigenvalue weighted by molar-refractivity contribution is 0.428. The van der Waals surface area contributed by atoms with Crippen LogP contribution >= 0.6 is 11.3 Å². The minimum atomic E-state index is -3.35. The van der Waals surface area contributed by atoms with Crippen LogP contribution in [0.25, 0.3) is 0 Å². The Morgan fingerprint density at radius 2 is 2.24 bits per heavy atom. The summed E-state index contributed by atoms with van der Waals surface area (Å²) in [5, 5.41) is 3.20. The first-order chi connectivity index (χ1) is 7.99. The lowest BCUT2D eigenvalue weighted by Crippen LogP contribution is -2.45. The number of hydrogen-bond acceptors (Lipinski definition) is 4. The van der Waals surface area contributed by atoms with E-state index in [0.29, 0.717) is 4.90 Å². The van der Waals surface area contributed by atoms with Gasteiger partial charge in [-0.1, -0.05) is 0 Å². The predicted octanol–water partition coefficient (Wildman–Crippen LogP) is 1.40. The molecule has 1 aliphatic heterocycles. The number of sulfonamides is 1. The molecule has 0 radical (unpaired) electrons. The van der Waals surface area contributed by atoms with E-state index in [2.05, 4.69) is 10.0 Å². The third-order valence-electron chi connectivity index (χ3n) is 2.90. The molecule has 0 amide bonds. The Hall–Kier alpha value is -0.430. The second kappa shape index (κ2) is 5.06. The van der Waals surface area contributed by atoms with Gasteiger partial charge in [0.1, 0.15) is 0 Å². The van der Waals surface area contributed by atoms with E-state index < -0.39 is 10.0 Å². The summed E-state index contributed by atoms with van der Waals surface area (Å²) in [6.45, 7) is 5.49. The molecule has 96 valence electrons. The van der Waals surface area contributed by atoms with E-state index in [0.717, 1.165) is 35.7 Å². The molecule has 2 N–H and O–H groups in total. The summed E-state index contributed by atoms with van der Waals surface area (Å²) in [6.07, 6.45) is 1.93. The molecule has 1 aromatic heterocycles. The topological polar surface area (TPSA) is 58.2 Å². The highest BCUT2D eigenvalue weighted by molar-refractivity contribution is 7.89. The number of aryl methyl sites for hydroxylation is 2. The van der Waals surface area contributed by atoms with E-state index in [1.54, 1.807) is 6.07 Å². The van der Waals surface area contributed by atoms with Crippen molar-refractivity contribution < 1.29 is 8.42 Å². The van der Waals surface area contributed by atoms with Crippen molar-refractivity contribution in [2.75, 3.05) is 13.1 Å². The van der Waals surface area contributed by atoms with Gasteiger partial charge in [-0.05, 0) is 39.3 Å². The summed E-state index contributed by atoms with van der Waals surface area (Å²) in [7, 11) is -3.35. The normalized spacial score (nSPS) is 21.6. The molecule has 0 aromatic carbocycles. The summed E-state index contributed by atoms with van der Waals surface area (Å²) in [6, 6.07) is 1.77. The monoisotopic (exact) mass is 274 g/mol. The summed E-state index contributed by atoms with van der Waals surface area (Å²) < 4.78 is 27.2. The fraction of sp³-hybridized carbons (Fsp3) is 0.636. The van der Waals surface area contributed by atoms with Crippen molar-refractivity contribution in [1.82, 2.24) is 10.0 Å². The molecule has 0 unspecified atom stereocenters. The zero-order chi connectivity index (χ0) is 12.5. The van der Waals surface area contributed by atoms with E-state index in [-0.39, 0.29) is 6.04 Å².